The molecule has 0 N–H and O–H groups in total. The smallest absolute Gasteiger partial charge is 0.00393 e. The van der Waals surface area contributed by atoms with Crippen LogP contribution in [0.15, 0.2) is 11.1 Å². The highest BCUT2D eigenvalue weighted by atomic mass is 14.8. The monoisotopic (exact) mass is 132 g/mol. The van der Waals surface area contributed by atoms with E-state index in [1.807, 2.05) is 11.1 Å². The number of hydrogen-bond acceptors (Lipinski definition) is 0. The van der Waals surface area contributed by atoms with Gasteiger partial charge in [0.05, 0.1) is 0 Å². The molecule has 0 aromatic carbocycles. The van der Waals surface area contributed by atoms with Crippen molar-refractivity contribution in [3.63, 3.8) is 0 Å². The van der Waals surface area contributed by atoms with E-state index in [0.29, 0.717) is 0 Å². The average Bonchev–Trinajstić information content (AvgIpc) is 2.48. The molecular weight excluding hydrogens is 120 g/mol. The van der Waals surface area contributed by atoms with E-state index >= 15 is 0 Å². The summed E-state index contributed by atoms with van der Waals surface area (Å²) in [5.74, 6) is 3.37. The summed E-state index contributed by atoms with van der Waals surface area (Å²) in [7, 11) is 0. The van der Waals surface area contributed by atoms with Crippen LogP contribution in [0.5, 0.6) is 0 Å². The minimum atomic E-state index is 0.779. The van der Waals surface area contributed by atoms with Gasteiger partial charge in [-0.2, -0.15) is 0 Å². The third-order valence-corrected chi connectivity index (χ3v) is 4.72. The highest BCUT2D eigenvalue weighted by molar-refractivity contribution is 5.55. The molecule has 0 aromatic rings. The van der Waals surface area contributed by atoms with Gasteiger partial charge >= 0.3 is 0 Å². The van der Waals surface area contributed by atoms with Gasteiger partial charge in [-0.05, 0) is 42.4 Å². The van der Waals surface area contributed by atoms with Crippen molar-refractivity contribution in [1.82, 2.24) is 0 Å². The molecule has 4 atom stereocenters. The Morgan fingerprint density at radius 2 is 2.40 bits per heavy atom. The second-order valence-electron chi connectivity index (χ2n) is 4.85. The molecule has 10 heavy (non-hydrogen) atoms. The Morgan fingerprint density at radius 1 is 1.50 bits per heavy atom. The van der Waals surface area contributed by atoms with Crippen LogP contribution in [0.3, 0.4) is 0 Å². The van der Waals surface area contributed by atoms with Crippen molar-refractivity contribution in [2.45, 2.75) is 26.2 Å². The second-order valence-corrected chi connectivity index (χ2v) is 4.85. The molecule has 0 heteroatoms. The van der Waals surface area contributed by atoms with Crippen molar-refractivity contribution >= 4 is 0 Å². The first-order valence-electron chi connectivity index (χ1n) is 4.56. The van der Waals surface area contributed by atoms with Gasteiger partial charge in [0, 0.05) is 0 Å². The van der Waals surface area contributed by atoms with Gasteiger partial charge < -0.3 is 0 Å². The average molecular weight is 132 g/mol. The summed E-state index contributed by atoms with van der Waals surface area (Å²) in [6.45, 7) is 2.50. The van der Waals surface area contributed by atoms with Gasteiger partial charge in [-0.3, -0.25) is 0 Å². The first-order chi connectivity index (χ1) is 4.82. The molecule has 2 saturated carbocycles. The number of hydrogen-bond donors (Lipinski definition) is 0. The van der Waals surface area contributed by atoms with Crippen LogP contribution in [-0.4, -0.2) is 0 Å². The molecular formula is C10H12. The maximum Gasteiger partial charge on any atom is -0.00393 e. The summed E-state index contributed by atoms with van der Waals surface area (Å²) in [6, 6.07) is 0. The first-order valence-corrected chi connectivity index (χ1v) is 4.56. The van der Waals surface area contributed by atoms with Crippen molar-refractivity contribution < 1.29 is 0 Å². The van der Waals surface area contributed by atoms with Crippen LogP contribution in [-0.2, 0) is 0 Å². The molecule has 0 aromatic heterocycles. The quantitative estimate of drug-likeness (QED) is 0.444. The molecule has 0 saturated heterocycles. The zero-order valence-corrected chi connectivity index (χ0v) is 6.35. The summed E-state index contributed by atoms with van der Waals surface area (Å²) < 4.78 is 0. The van der Waals surface area contributed by atoms with Gasteiger partial charge in [-0.1, -0.05) is 18.1 Å². The third kappa shape index (κ3) is 0.202. The fraction of sp³-hybridized carbons (Fsp3) is 0.800. The van der Waals surface area contributed by atoms with Crippen LogP contribution >= 0.6 is 0 Å². The summed E-state index contributed by atoms with van der Waals surface area (Å²) in [6.07, 6.45) is 4.57. The lowest BCUT2D eigenvalue weighted by molar-refractivity contribution is 0.0471. The Labute approximate surface area is 61.3 Å². The predicted molar refractivity (Wildman–Crippen MR) is 39.5 cm³/mol. The molecule has 0 heterocycles. The molecule has 5 aliphatic rings. The van der Waals surface area contributed by atoms with E-state index in [1.54, 1.807) is 6.42 Å². The lowest BCUT2D eigenvalue weighted by Gasteiger charge is -2.54. The van der Waals surface area contributed by atoms with Gasteiger partial charge in [-0.25, -0.2) is 0 Å². The standard InChI is InChI=1S/C10H12/c1-10-4-7-5-2-3-6(8(5)10)9(7)10/h5,7,9H,2-4H2,1H3. The fourth-order valence-electron chi connectivity index (χ4n) is 4.63. The summed E-state index contributed by atoms with van der Waals surface area (Å²) >= 11 is 0. The Bertz CT molecular complexity index is 272. The molecule has 2 fully saturated rings. The zero-order valence-electron chi connectivity index (χ0n) is 6.35. The van der Waals surface area contributed by atoms with Crippen molar-refractivity contribution in [2.24, 2.45) is 23.2 Å². The van der Waals surface area contributed by atoms with Crippen molar-refractivity contribution in [3.05, 3.63) is 11.1 Å². The Kier molecular flexibility index (Phi) is 0.426. The van der Waals surface area contributed by atoms with E-state index in [2.05, 4.69) is 6.92 Å². The molecule has 0 nitrogen and oxygen atoms in total. The summed E-state index contributed by atoms with van der Waals surface area (Å²) in [5.41, 5.74) is 4.65. The van der Waals surface area contributed by atoms with Crippen LogP contribution in [0.1, 0.15) is 26.2 Å². The van der Waals surface area contributed by atoms with Gasteiger partial charge in [0.15, 0.2) is 0 Å². The van der Waals surface area contributed by atoms with Crippen molar-refractivity contribution in [2.75, 3.05) is 0 Å². The predicted octanol–water partition coefficient (Wildman–Crippen LogP) is 2.36. The van der Waals surface area contributed by atoms with E-state index in [9.17, 15) is 0 Å². The highest BCUT2D eigenvalue weighted by Gasteiger charge is 2.74. The van der Waals surface area contributed by atoms with Crippen LogP contribution in [0.25, 0.3) is 0 Å². The Balaban J connectivity index is 2.07. The maximum atomic E-state index is 2.50. The SMILES string of the molecule is CC12CC3C4CCC(=C41)C32. The summed E-state index contributed by atoms with van der Waals surface area (Å²) in [5, 5.41) is 0. The van der Waals surface area contributed by atoms with Gasteiger partial charge in [0.2, 0.25) is 0 Å². The molecule has 6 bridgehead atoms. The number of allylic oxidation sites excluding steroid dienone is 2. The van der Waals surface area contributed by atoms with Crippen molar-refractivity contribution in [1.29, 1.82) is 0 Å². The molecule has 4 unspecified atom stereocenters. The van der Waals surface area contributed by atoms with Crippen molar-refractivity contribution in [3.8, 4) is 0 Å². The Morgan fingerprint density at radius 3 is 2.90 bits per heavy atom. The van der Waals surface area contributed by atoms with Crippen LogP contribution < -0.4 is 0 Å². The summed E-state index contributed by atoms with van der Waals surface area (Å²) in [4.78, 5) is 0. The lowest BCUT2D eigenvalue weighted by Crippen LogP contribution is -2.46. The first kappa shape index (κ1) is 4.58. The lowest BCUT2D eigenvalue weighted by atomic mass is 9.49. The Hall–Kier alpha value is -0.260. The van der Waals surface area contributed by atoms with E-state index in [0.717, 1.165) is 23.2 Å². The van der Waals surface area contributed by atoms with E-state index in [4.69, 9.17) is 0 Å². The largest absolute Gasteiger partial charge is 0.0659 e. The molecule has 5 rings (SSSR count). The number of rotatable bonds is 0. The molecule has 0 spiro atoms. The fourth-order valence-corrected chi connectivity index (χ4v) is 4.63. The second kappa shape index (κ2) is 0.929. The molecule has 52 valence electrons. The molecule has 0 amide bonds. The van der Waals surface area contributed by atoms with Crippen LogP contribution in [0, 0.1) is 23.2 Å². The van der Waals surface area contributed by atoms with Gasteiger partial charge in [-0.15, -0.1) is 0 Å². The normalized spacial score (nSPS) is 66.3. The van der Waals surface area contributed by atoms with Crippen LogP contribution in [0.4, 0.5) is 0 Å². The molecule has 5 aliphatic carbocycles. The zero-order chi connectivity index (χ0) is 6.51. The van der Waals surface area contributed by atoms with E-state index in [1.165, 1.54) is 12.8 Å². The molecule has 0 radical (unpaired) electrons. The van der Waals surface area contributed by atoms with Gasteiger partial charge in [0.25, 0.3) is 0 Å². The minimum Gasteiger partial charge on any atom is -0.0659 e. The van der Waals surface area contributed by atoms with E-state index in [-0.39, 0.29) is 0 Å². The van der Waals surface area contributed by atoms with E-state index < -0.39 is 0 Å². The third-order valence-electron chi connectivity index (χ3n) is 4.72. The topological polar surface area (TPSA) is 0 Å². The van der Waals surface area contributed by atoms with Crippen LogP contribution in [0.2, 0.25) is 0 Å². The van der Waals surface area contributed by atoms with Gasteiger partial charge in [0.1, 0.15) is 0 Å². The molecule has 0 aliphatic heterocycles. The maximum absolute atomic E-state index is 2.50. The highest BCUT2D eigenvalue weighted by Crippen LogP contribution is 2.83. The minimum absolute atomic E-state index is 0.779.